The summed E-state index contributed by atoms with van der Waals surface area (Å²) in [6.45, 7) is 4.65. The van der Waals surface area contributed by atoms with Crippen LogP contribution in [-0.4, -0.2) is 63.4 Å². The van der Waals surface area contributed by atoms with Crippen LogP contribution in [0.2, 0.25) is 0 Å². The van der Waals surface area contributed by atoms with E-state index in [1.807, 2.05) is 6.92 Å². The van der Waals surface area contributed by atoms with E-state index >= 15 is 0 Å². The number of hydrogen-bond donors (Lipinski definition) is 1. The molecule has 1 aliphatic rings. The van der Waals surface area contributed by atoms with E-state index in [0.29, 0.717) is 6.61 Å². The Morgan fingerprint density at radius 2 is 2.12 bits per heavy atom. The molecule has 1 amide bonds. The summed E-state index contributed by atoms with van der Waals surface area (Å²) in [7, 11) is 3.43. The summed E-state index contributed by atoms with van der Waals surface area (Å²) >= 11 is 0. The lowest BCUT2D eigenvalue weighted by atomic mass is 10.1. The van der Waals surface area contributed by atoms with E-state index in [-0.39, 0.29) is 24.7 Å². The number of carbonyl (C=O) groups is 1. The summed E-state index contributed by atoms with van der Waals surface area (Å²) in [5, 5.41) is 3.27. The molecule has 0 aromatic heterocycles. The Labute approximate surface area is 103 Å². The van der Waals surface area contributed by atoms with Crippen molar-refractivity contribution in [2.24, 2.45) is 0 Å². The number of hydrogen-bond acceptors (Lipinski definition) is 4. The molecule has 0 aliphatic carbocycles. The largest absolute Gasteiger partial charge is 0.383 e. The summed E-state index contributed by atoms with van der Waals surface area (Å²) in [4.78, 5) is 13.5. The van der Waals surface area contributed by atoms with Gasteiger partial charge in [0, 0.05) is 14.2 Å². The number of amides is 1. The molecule has 0 bridgehead atoms. The molecule has 0 aromatic rings. The lowest BCUT2D eigenvalue weighted by Crippen LogP contribution is -2.41. The summed E-state index contributed by atoms with van der Waals surface area (Å²) in [6.07, 6.45) is 2.21. The first-order valence-corrected chi connectivity index (χ1v) is 6.22. The summed E-state index contributed by atoms with van der Waals surface area (Å²) in [5.74, 6) is 0.0214. The highest BCUT2D eigenvalue weighted by atomic mass is 16.5. The van der Waals surface area contributed by atoms with Gasteiger partial charge in [0.15, 0.2) is 0 Å². The Balaban J connectivity index is 2.23. The van der Waals surface area contributed by atoms with Crippen LogP contribution in [0.1, 0.15) is 19.8 Å². The maximum absolute atomic E-state index is 11.8. The lowest BCUT2D eigenvalue weighted by molar-refractivity contribution is -0.140. The first-order valence-electron chi connectivity index (χ1n) is 6.22. The SMILES string of the molecule is COCC(C)N(C)C(=O)COC1CCNCC1. The van der Waals surface area contributed by atoms with Gasteiger partial charge in [-0.3, -0.25) is 4.79 Å². The van der Waals surface area contributed by atoms with Gasteiger partial charge in [0.05, 0.1) is 18.8 Å². The van der Waals surface area contributed by atoms with E-state index in [0.717, 1.165) is 25.9 Å². The summed E-state index contributed by atoms with van der Waals surface area (Å²) in [5.41, 5.74) is 0. The third-order valence-electron chi connectivity index (χ3n) is 3.19. The standard InChI is InChI=1S/C12H24N2O3/c1-10(8-16-3)14(2)12(15)9-17-11-4-6-13-7-5-11/h10-11,13H,4-9H2,1-3H3. The molecule has 0 saturated carbocycles. The third kappa shape index (κ3) is 5.02. The van der Waals surface area contributed by atoms with E-state index in [9.17, 15) is 4.79 Å². The minimum absolute atomic E-state index is 0.0214. The molecule has 1 saturated heterocycles. The van der Waals surface area contributed by atoms with Gasteiger partial charge in [-0.25, -0.2) is 0 Å². The highest BCUT2D eigenvalue weighted by Gasteiger charge is 2.19. The average molecular weight is 244 g/mol. The van der Waals surface area contributed by atoms with Gasteiger partial charge in [0.25, 0.3) is 0 Å². The Kier molecular flexibility index (Phi) is 6.47. The van der Waals surface area contributed by atoms with Crippen molar-refractivity contribution in [1.29, 1.82) is 0 Å². The normalized spacial score (nSPS) is 19.0. The lowest BCUT2D eigenvalue weighted by Gasteiger charge is -2.27. The molecule has 1 atom stereocenters. The van der Waals surface area contributed by atoms with Gasteiger partial charge in [-0.05, 0) is 32.9 Å². The molecule has 5 heteroatoms. The van der Waals surface area contributed by atoms with Crippen LogP contribution in [-0.2, 0) is 14.3 Å². The molecule has 5 nitrogen and oxygen atoms in total. The molecule has 0 spiro atoms. The average Bonchev–Trinajstić information content (AvgIpc) is 2.36. The Hall–Kier alpha value is -0.650. The molecule has 0 radical (unpaired) electrons. The molecule has 1 rings (SSSR count). The van der Waals surface area contributed by atoms with Crippen LogP contribution in [0, 0.1) is 0 Å². The molecule has 100 valence electrons. The molecule has 0 aromatic carbocycles. The van der Waals surface area contributed by atoms with Gasteiger partial charge in [0.1, 0.15) is 6.61 Å². The fraction of sp³-hybridized carbons (Fsp3) is 0.917. The zero-order valence-corrected chi connectivity index (χ0v) is 11.1. The fourth-order valence-electron chi connectivity index (χ4n) is 1.85. The second kappa shape index (κ2) is 7.63. The number of carbonyl (C=O) groups excluding carboxylic acids is 1. The monoisotopic (exact) mass is 244 g/mol. The number of rotatable bonds is 6. The van der Waals surface area contributed by atoms with Crippen LogP contribution in [0.3, 0.4) is 0 Å². The van der Waals surface area contributed by atoms with Crippen molar-refractivity contribution >= 4 is 5.91 Å². The van der Waals surface area contributed by atoms with Crippen molar-refractivity contribution in [3.8, 4) is 0 Å². The van der Waals surface area contributed by atoms with Gasteiger partial charge in [0.2, 0.25) is 5.91 Å². The third-order valence-corrected chi connectivity index (χ3v) is 3.19. The van der Waals surface area contributed by atoms with Crippen LogP contribution in [0.15, 0.2) is 0 Å². The minimum atomic E-state index is 0.0214. The van der Waals surface area contributed by atoms with Gasteiger partial charge in [-0.1, -0.05) is 0 Å². The van der Waals surface area contributed by atoms with Crippen LogP contribution >= 0.6 is 0 Å². The minimum Gasteiger partial charge on any atom is -0.383 e. The Bertz CT molecular complexity index is 230. The van der Waals surface area contributed by atoms with Crippen LogP contribution in [0.25, 0.3) is 0 Å². The second-order valence-corrected chi connectivity index (χ2v) is 4.57. The first kappa shape index (κ1) is 14.4. The first-order chi connectivity index (χ1) is 8.15. The predicted molar refractivity (Wildman–Crippen MR) is 66.0 cm³/mol. The van der Waals surface area contributed by atoms with Gasteiger partial charge in [-0.15, -0.1) is 0 Å². The van der Waals surface area contributed by atoms with Crippen LogP contribution in [0.5, 0.6) is 0 Å². The van der Waals surface area contributed by atoms with Crippen molar-refractivity contribution in [2.45, 2.75) is 31.9 Å². The Morgan fingerprint density at radius 1 is 1.47 bits per heavy atom. The smallest absolute Gasteiger partial charge is 0.248 e. The number of methoxy groups -OCH3 is 1. The zero-order chi connectivity index (χ0) is 12.7. The highest BCUT2D eigenvalue weighted by Crippen LogP contribution is 2.07. The topological polar surface area (TPSA) is 50.8 Å². The summed E-state index contributed by atoms with van der Waals surface area (Å²) in [6, 6.07) is 0.0872. The van der Waals surface area contributed by atoms with Crippen molar-refractivity contribution in [1.82, 2.24) is 10.2 Å². The second-order valence-electron chi connectivity index (χ2n) is 4.57. The molecule has 1 aliphatic heterocycles. The van der Waals surface area contributed by atoms with Crippen molar-refractivity contribution in [2.75, 3.05) is 40.5 Å². The molecular formula is C12H24N2O3. The number of piperidine rings is 1. The maximum atomic E-state index is 11.8. The highest BCUT2D eigenvalue weighted by molar-refractivity contribution is 5.77. The van der Waals surface area contributed by atoms with Crippen LogP contribution < -0.4 is 5.32 Å². The Morgan fingerprint density at radius 3 is 2.71 bits per heavy atom. The predicted octanol–water partition coefficient (Wildman–Crippen LogP) is 0.248. The maximum Gasteiger partial charge on any atom is 0.248 e. The fourth-order valence-corrected chi connectivity index (χ4v) is 1.85. The molecule has 1 fully saturated rings. The summed E-state index contributed by atoms with van der Waals surface area (Å²) < 4.78 is 10.6. The van der Waals surface area contributed by atoms with E-state index in [1.165, 1.54) is 0 Å². The number of likely N-dealkylation sites (N-methyl/N-ethyl adjacent to an activating group) is 1. The number of nitrogens with zero attached hydrogens (tertiary/aromatic N) is 1. The van der Waals surface area contributed by atoms with E-state index in [4.69, 9.17) is 9.47 Å². The van der Waals surface area contributed by atoms with Gasteiger partial charge in [-0.2, -0.15) is 0 Å². The number of ether oxygens (including phenoxy) is 2. The van der Waals surface area contributed by atoms with Crippen LogP contribution in [0.4, 0.5) is 0 Å². The van der Waals surface area contributed by atoms with Crippen molar-refractivity contribution in [3.05, 3.63) is 0 Å². The van der Waals surface area contributed by atoms with E-state index in [1.54, 1.807) is 19.1 Å². The number of nitrogens with one attached hydrogen (secondary N) is 1. The quantitative estimate of drug-likeness (QED) is 0.727. The van der Waals surface area contributed by atoms with Crippen molar-refractivity contribution in [3.63, 3.8) is 0 Å². The molecule has 1 N–H and O–H groups in total. The molecule has 17 heavy (non-hydrogen) atoms. The zero-order valence-electron chi connectivity index (χ0n) is 11.1. The van der Waals surface area contributed by atoms with Gasteiger partial charge >= 0.3 is 0 Å². The molecule has 1 unspecified atom stereocenters. The van der Waals surface area contributed by atoms with Gasteiger partial charge < -0.3 is 19.7 Å². The molecule has 1 heterocycles. The van der Waals surface area contributed by atoms with Crippen molar-refractivity contribution < 1.29 is 14.3 Å². The van der Waals surface area contributed by atoms with E-state index < -0.39 is 0 Å². The molecular weight excluding hydrogens is 220 g/mol. The van der Waals surface area contributed by atoms with E-state index in [2.05, 4.69) is 5.32 Å².